The zero-order valence-electron chi connectivity index (χ0n) is 19.0. The van der Waals surface area contributed by atoms with E-state index in [0.29, 0.717) is 6.04 Å². The SMILES string of the molecule is CC(C)Oc1ccc(CN2CCN(CCCc3ccccc3)C(CCO)C2)cc1CO. The maximum atomic E-state index is 9.75. The second-order valence-electron chi connectivity index (χ2n) is 8.79. The molecule has 1 aliphatic rings. The molecule has 31 heavy (non-hydrogen) atoms. The molecule has 170 valence electrons. The molecular formula is C26H38N2O3. The van der Waals surface area contributed by atoms with Crippen LogP contribution in [0.1, 0.15) is 43.4 Å². The Morgan fingerprint density at radius 3 is 2.55 bits per heavy atom. The Morgan fingerprint density at radius 1 is 1.03 bits per heavy atom. The fraction of sp³-hybridized carbons (Fsp3) is 0.538. The van der Waals surface area contributed by atoms with Gasteiger partial charge in [-0.15, -0.1) is 0 Å². The van der Waals surface area contributed by atoms with Crippen molar-refractivity contribution in [2.45, 2.75) is 58.4 Å². The molecule has 0 amide bonds. The van der Waals surface area contributed by atoms with Crippen molar-refractivity contribution < 1.29 is 14.9 Å². The molecule has 1 unspecified atom stereocenters. The number of piperazine rings is 1. The summed E-state index contributed by atoms with van der Waals surface area (Å²) in [4.78, 5) is 5.02. The van der Waals surface area contributed by atoms with Crippen LogP contribution in [0.3, 0.4) is 0 Å². The minimum Gasteiger partial charge on any atom is -0.491 e. The van der Waals surface area contributed by atoms with Crippen molar-refractivity contribution in [1.82, 2.24) is 9.80 Å². The predicted octanol–water partition coefficient (Wildman–Crippen LogP) is 3.47. The van der Waals surface area contributed by atoms with Crippen molar-refractivity contribution in [3.8, 4) is 5.75 Å². The molecule has 1 heterocycles. The van der Waals surface area contributed by atoms with E-state index in [4.69, 9.17) is 4.74 Å². The first-order valence-corrected chi connectivity index (χ1v) is 11.6. The smallest absolute Gasteiger partial charge is 0.125 e. The summed E-state index contributed by atoms with van der Waals surface area (Å²) in [6.45, 7) is 9.14. The van der Waals surface area contributed by atoms with Crippen LogP contribution in [0.5, 0.6) is 5.75 Å². The number of ether oxygens (including phenoxy) is 1. The lowest BCUT2D eigenvalue weighted by atomic mass is 10.0. The summed E-state index contributed by atoms with van der Waals surface area (Å²) in [6.07, 6.45) is 3.14. The lowest BCUT2D eigenvalue weighted by Crippen LogP contribution is -2.53. The third-order valence-electron chi connectivity index (χ3n) is 5.97. The van der Waals surface area contributed by atoms with E-state index in [0.717, 1.165) is 63.3 Å². The topological polar surface area (TPSA) is 56.2 Å². The van der Waals surface area contributed by atoms with Crippen LogP contribution in [0.4, 0.5) is 0 Å². The van der Waals surface area contributed by atoms with Crippen LogP contribution in [-0.2, 0) is 19.6 Å². The molecule has 2 N–H and O–H groups in total. The van der Waals surface area contributed by atoms with Crippen LogP contribution in [0.2, 0.25) is 0 Å². The molecule has 5 nitrogen and oxygen atoms in total. The van der Waals surface area contributed by atoms with Gasteiger partial charge in [-0.05, 0) is 62.9 Å². The summed E-state index contributed by atoms with van der Waals surface area (Å²) in [5, 5.41) is 19.3. The Labute approximate surface area is 187 Å². The van der Waals surface area contributed by atoms with Gasteiger partial charge in [-0.2, -0.15) is 0 Å². The third kappa shape index (κ3) is 7.32. The largest absolute Gasteiger partial charge is 0.491 e. The van der Waals surface area contributed by atoms with Crippen molar-refractivity contribution in [2.75, 3.05) is 32.8 Å². The van der Waals surface area contributed by atoms with Crippen LogP contribution in [0.25, 0.3) is 0 Å². The Bertz CT molecular complexity index is 781. The van der Waals surface area contributed by atoms with Gasteiger partial charge in [0.2, 0.25) is 0 Å². The number of hydrogen-bond donors (Lipinski definition) is 2. The zero-order valence-corrected chi connectivity index (χ0v) is 19.0. The highest BCUT2D eigenvalue weighted by molar-refractivity contribution is 5.37. The van der Waals surface area contributed by atoms with Gasteiger partial charge in [-0.1, -0.05) is 36.4 Å². The van der Waals surface area contributed by atoms with Gasteiger partial charge in [0, 0.05) is 44.4 Å². The van der Waals surface area contributed by atoms with Gasteiger partial charge in [-0.3, -0.25) is 9.80 Å². The van der Waals surface area contributed by atoms with Gasteiger partial charge in [0.15, 0.2) is 0 Å². The quantitative estimate of drug-likeness (QED) is 0.576. The lowest BCUT2D eigenvalue weighted by molar-refractivity contribution is 0.0546. The van der Waals surface area contributed by atoms with Crippen LogP contribution >= 0.6 is 0 Å². The van der Waals surface area contributed by atoms with Gasteiger partial charge >= 0.3 is 0 Å². The van der Waals surface area contributed by atoms with Crippen molar-refractivity contribution in [3.63, 3.8) is 0 Å². The molecule has 5 heteroatoms. The Kier molecular flexibility index (Phi) is 9.34. The summed E-state index contributed by atoms with van der Waals surface area (Å²) in [6, 6.07) is 17.2. The average Bonchev–Trinajstić information content (AvgIpc) is 2.77. The molecule has 1 saturated heterocycles. The van der Waals surface area contributed by atoms with E-state index < -0.39 is 0 Å². The predicted molar refractivity (Wildman–Crippen MR) is 125 cm³/mol. The highest BCUT2D eigenvalue weighted by Gasteiger charge is 2.26. The van der Waals surface area contributed by atoms with E-state index in [-0.39, 0.29) is 19.3 Å². The maximum absolute atomic E-state index is 9.75. The molecule has 0 radical (unpaired) electrons. The van der Waals surface area contributed by atoms with Crippen LogP contribution in [0.15, 0.2) is 48.5 Å². The van der Waals surface area contributed by atoms with E-state index in [1.807, 2.05) is 19.9 Å². The fourth-order valence-corrected chi connectivity index (χ4v) is 4.43. The van der Waals surface area contributed by atoms with E-state index in [9.17, 15) is 10.2 Å². The first-order chi connectivity index (χ1) is 15.1. The summed E-state index contributed by atoms with van der Waals surface area (Å²) in [5.41, 5.74) is 3.43. The minimum atomic E-state index is -0.0157. The van der Waals surface area contributed by atoms with Gasteiger partial charge in [-0.25, -0.2) is 0 Å². The Balaban J connectivity index is 1.54. The number of benzene rings is 2. The molecule has 1 atom stereocenters. The van der Waals surface area contributed by atoms with E-state index in [1.54, 1.807) is 0 Å². The summed E-state index contributed by atoms with van der Waals surface area (Å²) in [7, 11) is 0. The first kappa shape index (κ1) is 23.7. The molecule has 3 rings (SSSR count). The first-order valence-electron chi connectivity index (χ1n) is 11.6. The highest BCUT2D eigenvalue weighted by Crippen LogP contribution is 2.23. The highest BCUT2D eigenvalue weighted by atomic mass is 16.5. The molecule has 2 aromatic rings. The second kappa shape index (κ2) is 12.2. The van der Waals surface area contributed by atoms with Gasteiger partial charge in [0.1, 0.15) is 5.75 Å². The Morgan fingerprint density at radius 2 is 1.84 bits per heavy atom. The van der Waals surface area contributed by atoms with Crippen molar-refractivity contribution >= 4 is 0 Å². The maximum Gasteiger partial charge on any atom is 0.125 e. The summed E-state index contributed by atoms with van der Waals surface area (Å²) in [5.74, 6) is 0.766. The third-order valence-corrected chi connectivity index (χ3v) is 5.97. The average molecular weight is 427 g/mol. The molecule has 1 fully saturated rings. The minimum absolute atomic E-state index is 0.0157. The molecule has 0 aromatic heterocycles. The van der Waals surface area contributed by atoms with Gasteiger partial charge in [0.05, 0.1) is 12.7 Å². The number of aliphatic hydroxyl groups is 2. The summed E-state index contributed by atoms with van der Waals surface area (Å²) < 4.78 is 5.81. The fourth-order valence-electron chi connectivity index (χ4n) is 4.43. The van der Waals surface area contributed by atoms with Crippen LogP contribution < -0.4 is 4.74 Å². The van der Waals surface area contributed by atoms with Crippen molar-refractivity contribution in [1.29, 1.82) is 0 Å². The monoisotopic (exact) mass is 426 g/mol. The van der Waals surface area contributed by atoms with E-state index in [1.165, 1.54) is 11.1 Å². The lowest BCUT2D eigenvalue weighted by Gasteiger charge is -2.41. The van der Waals surface area contributed by atoms with E-state index in [2.05, 4.69) is 52.3 Å². The summed E-state index contributed by atoms with van der Waals surface area (Å²) >= 11 is 0. The van der Waals surface area contributed by atoms with Crippen LogP contribution in [-0.4, -0.2) is 64.9 Å². The molecule has 2 aromatic carbocycles. The van der Waals surface area contributed by atoms with Gasteiger partial charge < -0.3 is 14.9 Å². The molecule has 0 saturated carbocycles. The molecule has 0 aliphatic carbocycles. The number of nitrogens with zero attached hydrogens (tertiary/aromatic N) is 2. The normalized spacial score (nSPS) is 17.9. The van der Waals surface area contributed by atoms with E-state index >= 15 is 0 Å². The molecule has 1 aliphatic heterocycles. The van der Waals surface area contributed by atoms with Gasteiger partial charge in [0.25, 0.3) is 0 Å². The zero-order chi connectivity index (χ0) is 22.1. The van der Waals surface area contributed by atoms with Crippen molar-refractivity contribution in [2.24, 2.45) is 0 Å². The number of aryl methyl sites for hydroxylation is 1. The second-order valence-corrected chi connectivity index (χ2v) is 8.79. The molecule has 0 spiro atoms. The number of aliphatic hydroxyl groups excluding tert-OH is 2. The Hall–Kier alpha value is -1.92. The van der Waals surface area contributed by atoms with Crippen LogP contribution in [0, 0.1) is 0 Å². The van der Waals surface area contributed by atoms with Crippen molar-refractivity contribution in [3.05, 3.63) is 65.2 Å². The number of rotatable bonds is 11. The standard InChI is InChI=1S/C26H38N2O3/c1-21(2)31-26-11-10-23(17-24(26)20-30)18-27-14-15-28(25(19-27)12-16-29)13-6-9-22-7-4-3-5-8-22/h3-5,7-8,10-11,17,21,25,29-30H,6,9,12-16,18-20H2,1-2H3. The molecular weight excluding hydrogens is 388 g/mol. The molecule has 0 bridgehead atoms. The number of hydrogen-bond acceptors (Lipinski definition) is 5.